The molecule has 0 radical (unpaired) electrons. The summed E-state index contributed by atoms with van der Waals surface area (Å²) in [5.74, 6) is -0.364. The first kappa shape index (κ1) is 17.9. The average molecular weight is 368 g/mol. The topological polar surface area (TPSA) is 94.0 Å². The standard InChI is InChI=1S/C17H22ClN3O4/c18-13-8-12(16(24)25)9-19-15(13)21-5-1-3-17(11-21)4-2-14(23)20(10-17)6-7-22/h8-9,22H,1-7,10-11H2,(H,24,25)/t17-/m0/s1. The lowest BCUT2D eigenvalue weighted by molar-refractivity contribution is -0.138. The number of aliphatic hydroxyl groups is 1. The second-order valence-electron chi connectivity index (χ2n) is 6.90. The van der Waals surface area contributed by atoms with Gasteiger partial charge in [0.25, 0.3) is 0 Å². The van der Waals surface area contributed by atoms with Gasteiger partial charge in [-0.05, 0) is 25.3 Å². The normalized spacial score (nSPS) is 24.0. The molecule has 2 aliphatic heterocycles. The van der Waals surface area contributed by atoms with E-state index in [9.17, 15) is 14.7 Å². The summed E-state index contributed by atoms with van der Waals surface area (Å²) in [4.78, 5) is 31.2. The molecule has 0 unspecified atom stereocenters. The van der Waals surface area contributed by atoms with Crippen molar-refractivity contribution in [3.8, 4) is 0 Å². The highest BCUT2D eigenvalue weighted by Crippen LogP contribution is 2.41. The number of amides is 1. The van der Waals surface area contributed by atoms with Gasteiger partial charge in [0, 0.05) is 44.2 Å². The zero-order valence-corrected chi connectivity index (χ0v) is 14.7. The van der Waals surface area contributed by atoms with E-state index in [1.165, 1.54) is 12.3 Å². The number of hydrogen-bond donors (Lipinski definition) is 2. The number of carboxylic acids is 1. The first-order valence-electron chi connectivity index (χ1n) is 8.46. The summed E-state index contributed by atoms with van der Waals surface area (Å²) in [7, 11) is 0. The number of pyridine rings is 1. The Kier molecular flexibility index (Phi) is 5.15. The summed E-state index contributed by atoms with van der Waals surface area (Å²) in [6, 6.07) is 1.43. The van der Waals surface area contributed by atoms with Crippen LogP contribution in [-0.2, 0) is 4.79 Å². The number of nitrogens with zero attached hydrogens (tertiary/aromatic N) is 3. The summed E-state index contributed by atoms with van der Waals surface area (Å²) in [5, 5.41) is 18.6. The highest BCUT2D eigenvalue weighted by atomic mass is 35.5. The number of anilines is 1. The molecule has 7 nitrogen and oxygen atoms in total. The highest BCUT2D eigenvalue weighted by molar-refractivity contribution is 6.33. The van der Waals surface area contributed by atoms with Crippen molar-refractivity contribution in [2.24, 2.45) is 5.41 Å². The van der Waals surface area contributed by atoms with Crippen LogP contribution in [0.2, 0.25) is 5.02 Å². The molecule has 3 rings (SSSR count). The lowest BCUT2D eigenvalue weighted by Gasteiger charge is -2.48. The molecular formula is C17H22ClN3O4. The molecule has 1 spiro atoms. The second kappa shape index (κ2) is 7.17. The molecule has 1 aromatic rings. The van der Waals surface area contributed by atoms with Crippen LogP contribution in [0.15, 0.2) is 12.3 Å². The minimum atomic E-state index is -1.05. The molecule has 0 bridgehead atoms. The molecule has 136 valence electrons. The quantitative estimate of drug-likeness (QED) is 0.840. The van der Waals surface area contributed by atoms with Crippen LogP contribution in [0, 0.1) is 5.41 Å². The van der Waals surface area contributed by atoms with Crippen molar-refractivity contribution in [3.05, 3.63) is 22.8 Å². The van der Waals surface area contributed by atoms with Crippen LogP contribution >= 0.6 is 11.6 Å². The van der Waals surface area contributed by atoms with E-state index in [1.807, 2.05) is 0 Å². The minimum absolute atomic E-state index is 0.0300. The number of piperidine rings is 2. The molecule has 2 N–H and O–H groups in total. The van der Waals surface area contributed by atoms with Crippen molar-refractivity contribution in [2.75, 3.05) is 37.7 Å². The molecule has 0 aliphatic carbocycles. The van der Waals surface area contributed by atoms with Crippen molar-refractivity contribution in [3.63, 3.8) is 0 Å². The molecule has 8 heteroatoms. The smallest absolute Gasteiger partial charge is 0.337 e. The molecule has 1 aromatic heterocycles. The maximum absolute atomic E-state index is 12.0. The zero-order valence-electron chi connectivity index (χ0n) is 13.9. The van der Waals surface area contributed by atoms with Gasteiger partial charge in [-0.3, -0.25) is 4.79 Å². The predicted molar refractivity (Wildman–Crippen MR) is 93.0 cm³/mol. The van der Waals surface area contributed by atoms with Crippen LogP contribution in [0.3, 0.4) is 0 Å². The van der Waals surface area contributed by atoms with Crippen molar-refractivity contribution in [1.29, 1.82) is 0 Å². The summed E-state index contributed by atoms with van der Waals surface area (Å²) < 4.78 is 0. The van der Waals surface area contributed by atoms with Crippen molar-refractivity contribution < 1.29 is 19.8 Å². The summed E-state index contributed by atoms with van der Waals surface area (Å²) >= 11 is 6.27. The SMILES string of the molecule is O=C(O)c1cnc(N2CCC[C@@]3(CCC(=O)N(CCO)C3)C2)c(Cl)c1. The van der Waals surface area contributed by atoms with Crippen LogP contribution in [0.4, 0.5) is 5.82 Å². The third kappa shape index (κ3) is 3.72. The zero-order chi connectivity index (χ0) is 18.0. The maximum Gasteiger partial charge on any atom is 0.337 e. The third-order valence-corrected chi connectivity index (χ3v) is 5.43. The second-order valence-corrected chi connectivity index (χ2v) is 7.31. The maximum atomic E-state index is 12.0. The Hall–Kier alpha value is -1.86. The Morgan fingerprint density at radius 2 is 2.16 bits per heavy atom. The van der Waals surface area contributed by atoms with Gasteiger partial charge in [0.15, 0.2) is 0 Å². The first-order valence-corrected chi connectivity index (χ1v) is 8.84. The predicted octanol–water partition coefficient (Wildman–Crippen LogP) is 1.63. The van der Waals surface area contributed by atoms with Gasteiger partial charge < -0.3 is 20.0 Å². The lowest BCUT2D eigenvalue weighted by Crippen LogP contribution is -2.54. The fourth-order valence-electron chi connectivity index (χ4n) is 3.93. The molecule has 3 heterocycles. The van der Waals surface area contributed by atoms with Crippen molar-refractivity contribution in [2.45, 2.75) is 25.7 Å². The Bertz CT molecular complexity index is 684. The van der Waals surface area contributed by atoms with Crippen molar-refractivity contribution >= 4 is 29.3 Å². The van der Waals surface area contributed by atoms with Crippen LogP contribution in [0.25, 0.3) is 0 Å². The number of carbonyl (C=O) groups is 2. The number of rotatable bonds is 4. The number of likely N-dealkylation sites (tertiary alicyclic amines) is 1. The summed E-state index contributed by atoms with van der Waals surface area (Å²) in [5.41, 5.74) is 0.0375. The van der Waals surface area contributed by atoms with Crippen LogP contribution in [-0.4, -0.2) is 64.8 Å². The number of β-amino-alcohol motifs (C(OH)–C–C–N with tert-alkyl or cyclic N) is 1. The van der Waals surface area contributed by atoms with Gasteiger partial charge in [0.05, 0.1) is 17.2 Å². The molecule has 0 aromatic carbocycles. The summed E-state index contributed by atoms with van der Waals surface area (Å²) in [6.45, 7) is 2.49. The van der Waals surface area contributed by atoms with Gasteiger partial charge in [-0.2, -0.15) is 0 Å². The van der Waals surface area contributed by atoms with Gasteiger partial charge in [0.2, 0.25) is 5.91 Å². The van der Waals surface area contributed by atoms with Gasteiger partial charge >= 0.3 is 5.97 Å². The van der Waals surface area contributed by atoms with E-state index >= 15 is 0 Å². The van der Waals surface area contributed by atoms with E-state index in [1.54, 1.807) is 4.90 Å². The molecule has 2 aliphatic rings. The number of carboxylic acid groups (broad SMARTS) is 1. The largest absolute Gasteiger partial charge is 0.478 e. The number of aromatic carboxylic acids is 1. The Morgan fingerprint density at radius 1 is 1.36 bits per heavy atom. The summed E-state index contributed by atoms with van der Waals surface area (Å²) in [6.07, 6.45) is 4.61. The van der Waals surface area contributed by atoms with E-state index in [2.05, 4.69) is 9.88 Å². The number of aromatic nitrogens is 1. The molecule has 1 amide bonds. The Labute approximate surface area is 151 Å². The number of halogens is 1. The van der Waals surface area contributed by atoms with Crippen LogP contribution in [0.1, 0.15) is 36.0 Å². The van der Waals surface area contributed by atoms with E-state index in [4.69, 9.17) is 16.7 Å². The van der Waals surface area contributed by atoms with E-state index < -0.39 is 5.97 Å². The number of hydrogen-bond acceptors (Lipinski definition) is 5. The molecule has 0 saturated carbocycles. The van der Waals surface area contributed by atoms with Crippen LogP contribution < -0.4 is 4.90 Å². The monoisotopic (exact) mass is 367 g/mol. The van der Waals surface area contributed by atoms with Crippen LogP contribution in [0.5, 0.6) is 0 Å². The Morgan fingerprint density at radius 3 is 2.84 bits per heavy atom. The fourth-order valence-corrected chi connectivity index (χ4v) is 4.21. The molecular weight excluding hydrogens is 346 g/mol. The van der Waals surface area contributed by atoms with Gasteiger partial charge in [0.1, 0.15) is 5.82 Å². The fraction of sp³-hybridized carbons (Fsp3) is 0.588. The molecule has 1 atom stereocenters. The molecule has 2 fully saturated rings. The lowest BCUT2D eigenvalue weighted by atomic mass is 9.73. The van der Waals surface area contributed by atoms with E-state index in [0.717, 1.165) is 32.4 Å². The average Bonchev–Trinajstić information content (AvgIpc) is 2.58. The van der Waals surface area contributed by atoms with Gasteiger partial charge in [-0.1, -0.05) is 11.6 Å². The van der Waals surface area contributed by atoms with E-state index in [0.29, 0.717) is 30.4 Å². The molecule has 2 saturated heterocycles. The van der Waals surface area contributed by atoms with Gasteiger partial charge in [-0.25, -0.2) is 9.78 Å². The Balaban J connectivity index is 1.79. The van der Waals surface area contributed by atoms with Gasteiger partial charge in [-0.15, -0.1) is 0 Å². The molecule has 25 heavy (non-hydrogen) atoms. The first-order chi connectivity index (χ1) is 11.9. The number of aliphatic hydroxyl groups excluding tert-OH is 1. The van der Waals surface area contributed by atoms with E-state index in [-0.39, 0.29) is 23.5 Å². The minimum Gasteiger partial charge on any atom is -0.478 e. The third-order valence-electron chi connectivity index (χ3n) is 5.15. The number of carbonyl (C=O) groups excluding carboxylic acids is 1. The highest BCUT2D eigenvalue weighted by Gasteiger charge is 2.42. The van der Waals surface area contributed by atoms with Crippen molar-refractivity contribution in [1.82, 2.24) is 9.88 Å².